The van der Waals surface area contributed by atoms with Crippen molar-refractivity contribution in [1.82, 2.24) is 5.32 Å². The van der Waals surface area contributed by atoms with Gasteiger partial charge in [-0.05, 0) is 70.6 Å². The fourth-order valence-corrected chi connectivity index (χ4v) is 6.27. The number of unbranched alkanes of at least 4 members (excludes halogenated alkanes) is 22. The number of allylic oxidation sites excluding steroid dienone is 6. The number of carbonyl (C=O) groups is 2. The summed E-state index contributed by atoms with van der Waals surface area (Å²) in [6.07, 6.45) is 46.7. The van der Waals surface area contributed by atoms with E-state index in [1.165, 1.54) is 96.3 Å². The van der Waals surface area contributed by atoms with Crippen LogP contribution in [0.2, 0.25) is 0 Å². The van der Waals surface area contributed by atoms with Crippen LogP contribution in [0.25, 0.3) is 0 Å². The molecule has 0 saturated carbocycles. The number of amides is 1. The van der Waals surface area contributed by atoms with Gasteiger partial charge in [0.25, 0.3) is 0 Å². The van der Waals surface area contributed by atoms with Gasteiger partial charge >= 0.3 is 5.97 Å². The molecule has 3 N–H and O–H groups in total. The van der Waals surface area contributed by atoms with Gasteiger partial charge in [-0.1, -0.05) is 166 Å². The maximum atomic E-state index is 12.4. The van der Waals surface area contributed by atoms with Crippen molar-refractivity contribution in [3.63, 3.8) is 0 Å². The number of aliphatic hydroxyl groups is 2. The molecule has 0 aliphatic rings. The Morgan fingerprint density at radius 2 is 1.04 bits per heavy atom. The molecule has 0 aromatic heterocycles. The predicted molar refractivity (Wildman–Crippen MR) is 218 cm³/mol. The minimum absolute atomic E-state index is 0.0523. The monoisotopic (exact) mass is 718 g/mol. The number of hydrogen-bond acceptors (Lipinski definition) is 5. The number of carbonyl (C=O) groups excluding carboxylic acids is 2. The first-order chi connectivity index (χ1) is 25.0. The van der Waals surface area contributed by atoms with E-state index in [0.29, 0.717) is 25.9 Å². The van der Waals surface area contributed by atoms with E-state index in [2.05, 4.69) is 55.6 Å². The first kappa shape index (κ1) is 49.1. The number of hydrogen-bond donors (Lipinski definition) is 3. The Morgan fingerprint density at radius 1 is 0.549 bits per heavy atom. The highest BCUT2D eigenvalue weighted by molar-refractivity contribution is 5.76. The van der Waals surface area contributed by atoms with E-state index < -0.39 is 12.1 Å². The number of esters is 1. The minimum atomic E-state index is -0.694. The number of aliphatic hydroxyl groups excluding tert-OH is 2. The highest BCUT2D eigenvalue weighted by atomic mass is 16.5. The maximum absolute atomic E-state index is 12.4. The molecule has 6 nitrogen and oxygen atoms in total. The molecule has 0 rings (SSSR count). The first-order valence-electron chi connectivity index (χ1n) is 21.7. The molecular weight excluding hydrogens is 634 g/mol. The van der Waals surface area contributed by atoms with Crippen molar-refractivity contribution in [3.8, 4) is 0 Å². The molecule has 0 aliphatic heterocycles. The molecule has 2 atom stereocenters. The summed E-state index contributed by atoms with van der Waals surface area (Å²) in [4.78, 5) is 24.3. The van der Waals surface area contributed by atoms with Gasteiger partial charge in [-0.15, -0.1) is 0 Å². The van der Waals surface area contributed by atoms with E-state index in [9.17, 15) is 19.8 Å². The minimum Gasteiger partial charge on any atom is -0.466 e. The summed E-state index contributed by atoms with van der Waals surface area (Å²) in [6, 6.07) is -0.579. The van der Waals surface area contributed by atoms with Crippen LogP contribution in [0.5, 0.6) is 0 Å². The van der Waals surface area contributed by atoms with Gasteiger partial charge in [0, 0.05) is 12.8 Å². The second-order valence-corrected chi connectivity index (χ2v) is 14.7. The summed E-state index contributed by atoms with van der Waals surface area (Å²) in [5.41, 5.74) is 0. The lowest BCUT2D eigenvalue weighted by Crippen LogP contribution is -2.45. The average Bonchev–Trinajstić information content (AvgIpc) is 3.13. The second-order valence-electron chi connectivity index (χ2n) is 14.7. The van der Waals surface area contributed by atoms with Crippen LogP contribution < -0.4 is 5.32 Å². The molecule has 0 spiro atoms. The third kappa shape index (κ3) is 37.6. The SMILES string of the molecule is CCC/C=C\C/C=C\CCCCCCCC(=O)OCCCCCC/C=C\CCCC(=O)NC(CO)C(O)CCCCCCCCCCCCCC. The zero-order valence-electron chi connectivity index (χ0n) is 33.6. The van der Waals surface area contributed by atoms with Gasteiger partial charge in [-0.3, -0.25) is 9.59 Å². The lowest BCUT2D eigenvalue weighted by molar-refractivity contribution is -0.143. The third-order valence-corrected chi connectivity index (χ3v) is 9.64. The molecule has 0 bridgehead atoms. The molecular formula is C45H83NO5. The molecule has 0 aliphatic carbocycles. The van der Waals surface area contributed by atoms with Crippen LogP contribution in [-0.2, 0) is 14.3 Å². The molecule has 0 aromatic rings. The van der Waals surface area contributed by atoms with E-state index in [-0.39, 0.29) is 18.5 Å². The van der Waals surface area contributed by atoms with Crippen molar-refractivity contribution in [3.05, 3.63) is 36.5 Å². The van der Waals surface area contributed by atoms with Crippen molar-refractivity contribution in [2.24, 2.45) is 0 Å². The van der Waals surface area contributed by atoms with Crippen LogP contribution >= 0.6 is 0 Å². The van der Waals surface area contributed by atoms with Gasteiger partial charge in [0.05, 0.1) is 25.4 Å². The van der Waals surface area contributed by atoms with Crippen LogP contribution in [0.4, 0.5) is 0 Å². The average molecular weight is 718 g/mol. The van der Waals surface area contributed by atoms with E-state index in [0.717, 1.165) is 83.5 Å². The van der Waals surface area contributed by atoms with Crippen molar-refractivity contribution in [1.29, 1.82) is 0 Å². The van der Waals surface area contributed by atoms with Crippen molar-refractivity contribution in [2.45, 2.75) is 225 Å². The van der Waals surface area contributed by atoms with Crippen LogP contribution in [0.1, 0.15) is 213 Å². The Bertz CT molecular complexity index is 838. The Morgan fingerprint density at radius 3 is 1.63 bits per heavy atom. The molecule has 1 amide bonds. The highest BCUT2D eigenvalue weighted by Crippen LogP contribution is 2.14. The lowest BCUT2D eigenvalue weighted by Gasteiger charge is -2.22. The summed E-state index contributed by atoms with van der Waals surface area (Å²) in [7, 11) is 0. The number of ether oxygens (including phenoxy) is 1. The molecule has 0 saturated heterocycles. The van der Waals surface area contributed by atoms with Gasteiger partial charge in [-0.2, -0.15) is 0 Å². The standard InChI is InChI=1S/C45H83NO5/c1-3-5-7-9-11-13-15-17-19-23-27-31-35-39-45(50)51-40-36-32-28-24-20-22-26-30-34-38-44(49)46-42(41-47)43(48)37-33-29-25-21-18-16-14-12-10-8-6-4-2/h7,9,13,15,22,26,42-43,47-48H,3-6,8,10-12,14,16-21,23-25,27-41H2,1-2H3,(H,46,49)/b9-7-,15-13-,26-22-. The Hall–Kier alpha value is -1.92. The molecule has 0 fully saturated rings. The molecule has 298 valence electrons. The van der Waals surface area contributed by atoms with Crippen molar-refractivity contribution < 1.29 is 24.5 Å². The third-order valence-electron chi connectivity index (χ3n) is 9.64. The van der Waals surface area contributed by atoms with Crippen molar-refractivity contribution >= 4 is 11.9 Å². The first-order valence-corrected chi connectivity index (χ1v) is 21.7. The van der Waals surface area contributed by atoms with E-state index in [1.54, 1.807) is 0 Å². The zero-order chi connectivity index (χ0) is 37.3. The molecule has 0 aromatic carbocycles. The largest absolute Gasteiger partial charge is 0.466 e. The van der Waals surface area contributed by atoms with Gasteiger partial charge in [-0.25, -0.2) is 0 Å². The van der Waals surface area contributed by atoms with Crippen LogP contribution in [0.15, 0.2) is 36.5 Å². The molecule has 0 heterocycles. The van der Waals surface area contributed by atoms with Crippen LogP contribution in [0, 0.1) is 0 Å². The quantitative estimate of drug-likeness (QED) is 0.0334. The predicted octanol–water partition coefficient (Wildman–Crippen LogP) is 12.2. The fraction of sp³-hybridized carbons (Fsp3) is 0.822. The van der Waals surface area contributed by atoms with Gasteiger partial charge in [0.15, 0.2) is 0 Å². The second kappa shape index (κ2) is 40.8. The fourth-order valence-electron chi connectivity index (χ4n) is 6.27. The number of rotatable bonds is 39. The lowest BCUT2D eigenvalue weighted by atomic mass is 10.0. The summed E-state index contributed by atoms with van der Waals surface area (Å²) in [6.45, 7) is 4.76. The van der Waals surface area contributed by atoms with Crippen molar-refractivity contribution in [2.75, 3.05) is 13.2 Å². The summed E-state index contributed by atoms with van der Waals surface area (Å²) in [5.74, 6) is -0.152. The smallest absolute Gasteiger partial charge is 0.305 e. The summed E-state index contributed by atoms with van der Waals surface area (Å²) < 4.78 is 5.41. The molecule has 51 heavy (non-hydrogen) atoms. The van der Waals surface area contributed by atoms with Crippen LogP contribution in [-0.4, -0.2) is 47.4 Å². The Kier molecular flexibility index (Phi) is 39.3. The van der Waals surface area contributed by atoms with Gasteiger partial charge < -0.3 is 20.3 Å². The molecule has 6 heteroatoms. The van der Waals surface area contributed by atoms with Crippen LogP contribution in [0.3, 0.4) is 0 Å². The van der Waals surface area contributed by atoms with Gasteiger partial charge in [0.2, 0.25) is 5.91 Å². The summed E-state index contributed by atoms with van der Waals surface area (Å²) in [5, 5.41) is 23.0. The topological polar surface area (TPSA) is 95.9 Å². The number of nitrogens with one attached hydrogen (secondary N) is 1. The summed E-state index contributed by atoms with van der Waals surface area (Å²) >= 11 is 0. The van der Waals surface area contributed by atoms with E-state index in [1.807, 2.05) is 0 Å². The molecule has 2 unspecified atom stereocenters. The highest BCUT2D eigenvalue weighted by Gasteiger charge is 2.19. The van der Waals surface area contributed by atoms with E-state index >= 15 is 0 Å². The maximum Gasteiger partial charge on any atom is 0.305 e. The normalized spacial score (nSPS) is 13.1. The van der Waals surface area contributed by atoms with E-state index in [4.69, 9.17) is 4.74 Å². The Balaban J connectivity index is 3.58. The Labute approximate surface area is 315 Å². The molecule has 0 radical (unpaired) electrons. The zero-order valence-corrected chi connectivity index (χ0v) is 33.6. The van der Waals surface area contributed by atoms with Gasteiger partial charge in [0.1, 0.15) is 0 Å².